The minimum Gasteiger partial charge on any atom is -0.340 e. The average Bonchev–Trinajstić information content (AvgIpc) is 2.50. The van der Waals surface area contributed by atoms with Crippen molar-refractivity contribution in [2.45, 2.75) is 0 Å². The first kappa shape index (κ1) is 15.6. The van der Waals surface area contributed by atoms with Crippen molar-refractivity contribution in [3.63, 3.8) is 0 Å². The number of nitrogens with one attached hydrogen (secondary N) is 1. The number of nitrogens with zero attached hydrogens (tertiary/aromatic N) is 3. The number of anilines is 2. The lowest BCUT2D eigenvalue weighted by molar-refractivity contribution is -0.387. The van der Waals surface area contributed by atoms with Gasteiger partial charge in [0.1, 0.15) is 12.1 Å². The van der Waals surface area contributed by atoms with Crippen molar-refractivity contribution in [1.29, 1.82) is 0 Å². The molecule has 1 aromatic heterocycles. The smallest absolute Gasteiger partial charge is 0.305 e. The number of hydrogen-bond donors (Lipinski definition) is 1. The Bertz CT molecular complexity index is 938. The van der Waals surface area contributed by atoms with E-state index in [2.05, 4.69) is 31.2 Å². The van der Waals surface area contributed by atoms with Crippen LogP contribution in [0.1, 0.15) is 0 Å². The number of rotatable bonds is 3. The van der Waals surface area contributed by atoms with E-state index in [1.165, 1.54) is 6.33 Å². The van der Waals surface area contributed by atoms with Crippen LogP contribution in [0.15, 0.2) is 41.1 Å². The van der Waals surface area contributed by atoms with E-state index in [0.29, 0.717) is 21.9 Å². The van der Waals surface area contributed by atoms with Crippen LogP contribution < -0.4 is 5.32 Å². The third-order valence-electron chi connectivity index (χ3n) is 3.08. The second-order valence-electron chi connectivity index (χ2n) is 4.55. The van der Waals surface area contributed by atoms with Crippen molar-refractivity contribution >= 4 is 55.6 Å². The summed E-state index contributed by atoms with van der Waals surface area (Å²) in [5, 5.41) is 14.7. The Kier molecular flexibility index (Phi) is 4.10. The molecular weight excluding hydrogens is 391 g/mol. The van der Waals surface area contributed by atoms with Gasteiger partial charge in [0.15, 0.2) is 0 Å². The van der Waals surface area contributed by atoms with Crippen LogP contribution in [0.4, 0.5) is 21.6 Å². The Labute approximate surface area is 142 Å². The fourth-order valence-corrected chi connectivity index (χ4v) is 2.44. The summed E-state index contributed by atoms with van der Waals surface area (Å²) < 4.78 is 14.4. The van der Waals surface area contributed by atoms with Crippen molar-refractivity contribution in [2.75, 3.05) is 5.32 Å². The molecule has 6 nitrogen and oxygen atoms in total. The maximum atomic E-state index is 13.7. The summed E-state index contributed by atoms with van der Waals surface area (Å²) in [5.74, 6) is -0.629. The molecule has 116 valence electrons. The Morgan fingerprint density at radius 2 is 2.04 bits per heavy atom. The number of fused-ring (bicyclic) bond motifs is 1. The summed E-state index contributed by atoms with van der Waals surface area (Å²) in [6.07, 6.45) is 1.25. The number of nitro groups is 1. The van der Waals surface area contributed by atoms with Gasteiger partial charge in [-0.05, 0) is 34.1 Å². The van der Waals surface area contributed by atoms with Gasteiger partial charge in [0.2, 0.25) is 5.82 Å². The minimum absolute atomic E-state index is 0.258. The van der Waals surface area contributed by atoms with E-state index in [0.717, 1.165) is 16.6 Å². The summed E-state index contributed by atoms with van der Waals surface area (Å²) in [6.45, 7) is 0. The normalized spacial score (nSPS) is 10.7. The van der Waals surface area contributed by atoms with Crippen LogP contribution in [-0.2, 0) is 0 Å². The van der Waals surface area contributed by atoms with Crippen molar-refractivity contribution in [3.05, 3.63) is 62.1 Å². The second kappa shape index (κ2) is 6.05. The maximum Gasteiger partial charge on any atom is 0.305 e. The van der Waals surface area contributed by atoms with Crippen LogP contribution in [0.2, 0.25) is 5.02 Å². The molecule has 9 heteroatoms. The topological polar surface area (TPSA) is 81.0 Å². The van der Waals surface area contributed by atoms with Gasteiger partial charge in [0, 0.05) is 22.3 Å². The molecule has 0 aliphatic rings. The summed E-state index contributed by atoms with van der Waals surface area (Å²) in [7, 11) is 0. The molecule has 0 amide bonds. The van der Waals surface area contributed by atoms with Gasteiger partial charge < -0.3 is 5.32 Å². The summed E-state index contributed by atoms with van der Waals surface area (Å²) in [4.78, 5) is 18.1. The molecule has 0 fully saturated rings. The van der Waals surface area contributed by atoms with E-state index < -0.39 is 16.4 Å². The van der Waals surface area contributed by atoms with Crippen molar-refractivity contribution in [1.82, 2.24) is 9.97 Å². The zero-order chi connectivity index (χ0) is 16.6. The molecule has 0 saturated carbocycles. The van der Waals surface area contributed by atoms with E-state index in [4.69, 9.17) is 11.6 Å². The van der Waals surface area contributed by atoms with Crippen molar-refractivity contribution in [3.8, 4) is 0 Å². The van der Waals surface area contributed by atoms with Gasteiger partial charge in [-0.1, -0.05) is 11.6 Å². The predicted octanol–water partition coefficient (Wildman–Crippen LogP) is 4.84. The van der Waals surface area contributed by atoms with E-state index >= 15 is 0 Å². The molecule has 0 radical (unpaired) electrons. The molecule has 0 unspecified atom stereocenters. The fraction of sp³-hybridized carbons (Fsp3) is 0. The van der Waals surface area contributed by atoms with Crippen LogP contribution in [0.5, 0.6) is 0 Å². The van der Waals surface area contributed by atoms with Gasteiger partial charge in [-0.25, -0.2) is 9.97 Å². The Morgan fingerprint density at radius 1 is 1.26 bits per heavy atom. The molecule has 0 atom stereocenters. The number of aromatic nitrogens is 2. The van der Waals surface area contributed by atoms with Crippen molar-refractivity contribution < 1.29 is 9.31 Å². The average molecular weight is 398 g/mol. The van der Waals surface area contributed by atoms with Gasteiger partial charge in [0.25, 0.3) is 0 Å². The number of benzene rings is 2. The highest BCUT2D eigenvalue weighted by atomic mass is 79.9. The Morgan fingerprint density at radius 3 is 2.74 bits per heavy atom. The quantitative estimate of drug-likeness (QED) is 0.505. The predicted molar refractivity (Wildman–Crippen MR) is 88.6 cm³/mol. The minimum atomic E-state index is -0.946. The van der Waals surface area contributed by atoms with E-state index in [-0.39, 0.29) is 5.52 Å². The van der Waals surface area contributed by atoms with Crippen LogP contribution in [-0.4, -0.2) is 14.9 Å². The summed E-state index contributed by atoms with van der Waals surface area (Å²) in [5.41, 5.74) is 0.253. The molecule has 3 aromatic rings. The first-order valence-electron chi connectivity index (χ1n) is 6.26. The summed E-state index contributed by atoms with van der Waals surface area (Å²) in [6, 6.07) is 7.28. The highest BCUT2D eigenvalue weighted by Gasteiger charge is 2.17. The lowest BCUT2D eigenvalue weighted by atomic mass is 10.2. The highest BCUT2D eigenvalue weighted by molar-refractivity contribution is 9.10. The number of nitro benzene ring substituents is 1. The largest absolute Gasteiger partial charge is 0.340 e. The molecule has 2 aromatic carbocycles. The Hall–Kier alpha value is -2.32. The first-order valence-corrected chi connectivity index (χ1v) is 7.43. The Balaban J connectivity index is 2.11. The van der Waals surface area contributed by atoms with Crippen LogP contribution in [0.3, 0.4) is 0 Å². The lowest BCUT2D eigenvalue weighted by Crippen LogP contribution is -1.99. The monoisotopic (exact) mass is 396 g/mol. The SMILES string of the molecule is O=[N+]([O-])c1cc2c(Nc3ccc(Br)c(Cl)c3)ncnc2cc1F. The lowest BCUT2D eigenvalue weighted by Gasteiger charge is -2.09. The third kappa shape index (κ3) is 3.08. The van der Waals surface area contributed by atoms with Crippen LogP contribution >= 0.6 is 27.5 Å². The molecule has 1 N–H and O–H groups in total. The molecule has 0 saturated heterocycles. The molecule has 3 rings (SSSR count). The molecule has 0 bridgehead atoms. The van der Waals surface area contributed by atoms with Crippen molar-refractivity contribution in [2.24, 2.45) is 0 Å². The standard InChI is InChI=1S/C14H7BrClFN4O2/c15-9-2-1-7(3-10(9)16)20-14-8-4-13(21(22)23)11(17)5-12(8)18-6-19-14/h1-6H,(H,18,19,20). The molecule has 1 heterocycles. The van der Waals surface area contributed by atoms with Gasteiger partial charge in [0.05, 0.1) is 20.8 Å². The van der Waals surface area contributed by atoms with Gasteiger partial charge in [-0.15, -0.1) is 0 Å². The van der Waals surface area contributed by atoms with Crippen LogP contribution in [0.25, 0.3) is 10.9 Å². The van der Waals surface area contributed by atoms with Crippen LogP contribution in [0, 0.1) is 15.9 Å². The van der Waals surface area contributed by atoms with Gasteiger partial charge in [-0.3, -0.25) is 10.1 Å². The van der Waals surface area contributed by atoms with E-state index in [9.17, 15) is 14.5 Å². The summed E-state index contributed by atoms with van der Waals surface area (Å²) >= 11 is 9.31. The zero-order valence-electron chi connectivity index (χ0n) is 11.3. The van der Waals surface area contributed by atoms with Gasteiger partial charge in [-0.2, -0.15) is 4.39 Å². The second-order valence-corrected chi connectivity index (χ2v) is 5.82. The molecule has 23 heavy (non-hydrogen) atoms. The van der Waals surface area contributed by atoms with E-state index in [1.54, 1.807) is 18.2 Å². The maximum absolute atomic E-state index is 13.7. The molecule has 0 aliphatic carbocycles. The van der Waals surface area contributed by atoms with Gasteiger partial charge >= 0.3 is 5.69 Å². The third-order valence-corrected chi connectivity index (χ3v) is 4.32. The molecule has 0 aliphatic heterocycles. The fourth-order valence-electron chi connectivity index (χ4n) is 2.02. The molecular formula is C14H7BrClFN4O2. The van der Waals surface area contributed by atoms with E-state index in [1.807, 2.05) is 0 Å². The number of hydrogen-bond acceptors (Lipinski definition) is 5. The highest BCUT2D eigenvalue weighted by Crippen LogP contribution is 2.31. The first-order chi connectivity index (χ1) is 11.0. The number of halogens is 3. The molecule has 0 spiro atoms. The zero-order valence-corrected chi connectivity index (χ0v) is 13.6.